The van der Waals surface area contributed by atoms with Gasteiger partial charge in [0.25, 0.3) is 0 Å². The molecule has 1 fully saturated rings. The van der Waals surface area contributed by atoms with Crippen molar-refractivity contribution in [2.24, 2.45) is 0 Å². The van der Waals surface area contributed by atoms with Gasteiger partial charge in [0.2, 0.25) is 5.91 Å². The zero-order chi connectivity index (χ0) is 16.1. The van der Waals surface area contributed by atoms with E-state index in [4.69, 9.17) is 11.6 Å². The topological polar surface area (TPSA) is 42.0 Å². The predicted octanol–water partition coefficient (Wildman–Crippen LogP) is 5.27. The van der Waals surface area contributed by atoms with Crippen molar-refractivity contribution in [3.63, 3.8) is 0 Å². The van der Waals surface area contributed by atoms with E-state index in [9.17, 15) is 4.79 Å². The summed E-state index contributed by atoms with van der Waals surface area (Å²) in [7, 11) is 0. The lowest BCUT2D eigenvalue weighted by molar-refractivity contribution is -0.119. The second kappa shape index (κ2) is 8.36. The molecule has 0 radical (unpaired) electrons. The predicted molar refractivity (Wildman–Crippen MR) is 99.6 cm³/mol. The van der Waals surface area contributed by atoms with Gasteiger partial charge >= 0.3 is 0 Å². The Hall–Kier alpha value is -0.780. The Balaban J connectivity index is 1.51. The molecule has 0 bridgehead atoms. The van der Waals surface area contributed by atoms with Crippen molar-refractivity contribution in [2.45, 2.75) is 55.3 Å². The molecule has 1 aromatic heterocycles. The van der Waals surface area contributed by atoms with E-state index >= 15 is 0 Å². The number of hydrogen-bond acceptors (Lipinski definition) is 4. The molecule has 1 saturated carbocycles. The first-order valence-electron chi connectivity index (χ1n) is 8.19. The van der Waals surface area contributed by atoms with Crippen LogP contribution in [0, 0.1) is 0 Å². The van der Waals surface area contributed by atoms with Crippen molar-refractivity contribution in [2.75, 3.05) is 5.75 Å². The maximum Gasteiger partial charge on any atom is 0.230 e. The van der Waals surface area contributed by atoms with Crippen molar-refractivity contribution in [1.82, 2.24) is 10.3 Å². The summed E-state index contributed by atoms with van der Waals surface area (Å²) in [6, 6.07) is 6.08. The number of hydrogen-bond donors (Lipinski definition) is 1. The lowest BCUT2D eigenvalue weighted by atomic mass is 9.97. The van der Waals surface area contributed by atoms with E-state index in [1.807, 2.05) is 18.2 Å². The van der Waals surface area contributed by atoms with E-state index in [2.05, 4.69) is 10.3 Å². The van der Waals surface area contributed by atoms with E-state index in [0.29, 0.717) is 16.8 Å². The Morgan fingerprint density at radius 1 is 1.26 bits per heavy atom. The van der Waals surface area contributed by atoms with Crippen LogP contribution in [0.4, 0.5) is 0 Å². The number of halogens is 1. The highest BCUT2D eigenvalue weighted by molar-refractivity contribution is 8.01. The molecule has 6 heteroatoms. The number of thiazole rings is 1. The third-order valence-electron chi connectivity index (χ3n) is 4.13. The van der Waals surface area contributed by atoms with Gasteiger partial charge in [-0.1, -0.05) is 55.5 Å². The molecule has 1 N–H and O–H groups in total. The molecule has 3 nitrogen and oxygen atoms in total. The lowest BCUT2D eigenvalue weighted by Gasteiger charge is -2.20. The van der Waals surface area contributed by atoms with E-state index in [1.165, 1.54) is 43.9 Å². The molecule has 0 saturated heterocycles. The molecule has 3 rings (SSSR count). The maximum atomic E-state index is 12.2. The van der Waals surface area contributed by atoms with Gasteiger partial charge in [0.15, 0.2) is 4.34 Å². The highest BCUT2D eigenvalue weighted by Crippen LogP contribution is 2.30. The monoisotopic (exact) mass is 368 g/mol. The van der Waals surface area contributed by atoms with Gasteiger partial charge in [-0.05, 0) is 31.0 Å². The summed E-state index contributed by atoms with van der Waals surface area (Å²) in [5, 5.41) is 3.89. The van der Waals surface area contributed by atoms with E-state index in [0.717, 1.165) is 27.4 Å². The molecule has 0 unspecified atom stereocenters. The first kappa shape index (κ1) is 17.1. The van der Waals surface area contributed by atoms with Gasteiger partial charge in [0.1, 0.15) is 0 Å². The standard InChI is InChI=1S/C17H21ClN2OS2/c18-12-8-9-15-14(10-12)20-17(23-15)22-11-16(21)19-13-6-4-2-1-3-5-7-13/h8-10,13H,1-7,11H2,(H,19,21). The number of carbonyl (C=O) groups excluding carboxylic acids is 1. The van der Waals surface area contributed by atoms with Crippen molar-refractivity contribution in [3.8, 4) is 0 Å². The first-order chi connectivity index (χ1) is 11.2. The average molecular weight is 369 g/mol. The summed E-state index contributed by atoms with van der Waals surface area (Å²) < 4.78 is 2.03. The molecule has 1 aliphatic carbocycles. The number of benzene rings is 1. The van der Waals surface area contributed by atoms with E-state index in [1.54, 1.807) is 11.3 Å². The third-order valence-corrected chi connectivity index (χ3v) is 6.54. The second-order valence-corrected chi connectivity index (χ2v) is 8.68. The van der Waals surface area contributed by atoms with E-state index < -0.39 is 0 Å². The molecule has 1 aliphatic rings. The molecule has 1 aromatic carbocycles. The first-order valence-corrected chi connectivity index (χ1v) is 10.4. The van der Waals surface area contributed by atoms with Crippen molar-refractivity contribution in [1.29, 1.82) is 0 Å². The number of rotatable bonds is 4. The molecule has 0 atom stereocenters. The van der Waals surface area contributed by atoms with Crippen molar-refractivity contribution >= 4 is 50.8 Å². The Morgan fingerprint density at radius 2 is 2.00 bits per heavy atom. The van der Waals surface area contributed by atoms with Gasteiger partial charge in [0.05, 0.1) is 16.0 Å². The number of amides is 1. The van der Waals surface area contributed by atoms with Crippen LogP contribution in [0.5, 0.6) is 0 Å². The number of fused-ring (bicyclic) bond motifs is 1. The average Bonchev–Trinajstić information content (AvgIpc) is 2.90. The van der Waals surface area contributed by atoms with Crippen LogP contribution in [0.25, 0.3) is 10.2 Å². The fraction of sp³-hybridized carbons (Fsp3) is 0.529. The van der Waals surface area contributed by atoms with Gasteiger partial charge in [-0.15, -0.1) is 11.3 Å². The summed E-state index contributed by atoms with van der Waals surface area (Å²) >= 11 is 9.11. The summed E-state index contributed by atoms with van der Waals surface area (Å²) in [6.45, 7) is 0. The van der Waals surface area contributed by atoms with E-state index in [-0.39, 0.29) is 5.91 Å². The maximum absolute atomic E-state index is 12.2. The number of nitrogens with one attached hydrogen (secondary N) is 1. The van der Waals surface area contributed by atoms with Crippen LogP contribution in [0.3, 0.4) is 0 Å². The smallest absolute Gasteiger partial charge is 0.230 e. The van der Waals surface area contributed by atoms with Crippen LogP contribution in [-0.2, 0) is 4.79 Å². The van der Waals surface area contributed by atoms with Crippen LogP contribution in [0.2, 0.25) is 5.02 Å². The summed E-state index contributed by atoms with van der Waals surface area (Å²) in [6.07, 6.45) is 8.66. The van der Waals surface area contributed by atoms with Crippen LogP contribution < -0.4 is 5.32 Å². The third kappa shape index (κ3) is 5.10. The van der Waals surface area contributed by atoms with Crippen molar-refractivity contribution < 1.29 is 4.79 Å². The summed E-state index contributed by atoms with van der Waals surface area (Å²) in [4.78, 5) is 16.7. The molecule has 124 valence electrons. The Bertz CT molecular complexity index is 666. The molecule has 0 aliphatic heterocycles. The summed E-state index contributed by atoms with van der Waals surface area (Å²) in [5.74, 6) is 0.558. The number of carbonyl (C=O) groups is 1. The lowest BCUT2D eigenvalue weighted by Crippen LogP contribution is -2.36. The van der Waals surface area contributed by atoms with Crippen LogP contribution in [0.15, 0.2) is 22.5 Å². The number of thioether (sulfide) groups is 1. The van der Waals surface area contributed by atoms with Crippen LogP contribution >= 0.6 is 34.7 Å². The Morgan fingerprint density at radius 3 is 2.78 bits per heavy atom. The molecule has 1 amide bonds. The van der Waals surface area contributed by atoms with Gasteiger partial charge < -0.3 is 5.32 Å². The molecular formula is C17H21ClN2OS2. The van der Waals surface area contributed by atoms with Gasteiger partial charge in [-0.25, -0.2) is 4.98 Å². The Kier molecular flexibility index (Phi) is 6.20. The molecule has 0 spiro atoms. The van der Waals surface area contributed by atoms with Crippen LogP contribution in [0.1, 0.15) is 44.9 Å². The highest BCUT2D eigenvalue weighted by atomic mass is 35.5. The van der Waals surface area contributed by atoms with Crippen molar-refractivity contribution in [3.05, 3.63) is 23.2 Å². The molecule has 1 heterocycles. The minimum Gasteiger partial charge on any atom is -0.353 e. The normalized spacial score (nSPS) is 16.9. The zero-order valence-electron chi connectivity index (χ0n) is 13.0. The SMILES string of the molecule is O=C(CSc1nc2cc(Cl)ccc2s1)NC1CCCCCCC1. The minimum absolute atomic E-state index is 0.123. The fourth-order valence-electron chi connectivity index (χ4n) is 2.94. The molecule has 2 aromatic rings. The fourth-order valence-corrected chi connectivity index (χ4v) is 4.96. The Labute approximate surface area is 150 Å². The zero-order valence-corrected chi connectivity index (χ0v) is 15.4. The van der Waals surface area contributed by atoms with Gasteiger partial charge in [-0.3, -0.25) is 4.79 Å². The highest BCUT2D eigenvalue weighted by Gasteiger charge is 2.15. The molecular weight excluding hydrogens is 348 g/mol. The van der Waals surface area contributed by atoms with Gasteiger partial charge in [-0.2, -0.15) is 0 Å². The minimum atomic E-state index is 0.123. The van der Waals surface area contributed by atoms with Gasteiger partial charge in [0, 0.05) is 11.1 Å². The second-order valence-electron chi connectivity index (χ2n) is 5.99. The summed E-state index contributed by atoms with van der Waals surface area (Å²) in [5.41, 5.74) is 0.908. The number of aromatic nitrogens is 1. The molecule has 23 heavy (non-hydrogen) atoms. The quantitative estimate of drug-likeness (QED) is 0.747. The number of nitrogens with zero attached hydrogens (tertiary/aromatic N) is 1. The largest absolute Gasteiger partial charge is 0.353 e. The van der Waals surface area contributed by atoms with Crippen LogP contribution in [-0.4, -0.2) is 22.7 Å².